The van der Waals surface area contributed by atoms with Crippen LogP contribution in [0.5, 0.6) is 11.5 Å². The molecule has 1 aliphatic carbocycles. The summed E-state index contributed by atoms with van der Waals surface area (Å²) in [6, 6.07) is 10.5. The van der Waals surface area contributed by atoms with Crippen molar-refractivity contribution in [2.45, 2.75) is 18.9 Å². The summed E-state index contributed by atoms with van der Waals surface area (Å²) < 4.78 is 10.6. The molecule has 0 bridgehead atoms. The molecule has 2 N–H and O–H groups in total. The predicted molar refractivity (Wildman–Crippen MR) is 100 cm³/mol. The van der Waals surface area contributed by atoms with Crippen molar-refractivity contribution in [2.75, 3.05) is 13.7 Å². The monoisotopic (exact) mass is 385 g/mol. The minimum atomic E-state index is -0.614. The van der Waals surface area contributed by atoms with Gasteiger partial charge in [0.25, 0.3) is 11.6 Å². The fourth-order valence-corrected chi connectivity index (χ4v) is 2.51. The first-order valence-corrected chi connectivity index (χ1v) is 8.62. The van der Waals surface area contributed by atoms with Gasteiger partial charge in [0.2, 0.25) is 0 Å². The van der Waals surface area contributed by atoms with Gasteiger partial charge in [-0.1, -0.05) is 12.1 Å². The van der Waals surface area contributed by atoms with Gasteiger partial charge in [-0.05, 0) is 36.6 Å². The van der Waals surface area contributed by atoms with Gasteiger partial charge in [0.1, 0.15) is 11.5 Å². The molecule has 1 saturated carbocycles. The van der Waals surface area contributed by atoms with E-state index in [1.54, 1.807) is 24.3 Å². The molecular formula is C19H19N3O6. The number of carbonyl (C=O) groups excluding carboxylic acids is 2. The molecule has 0 heterocycles. The number of benzene rings is 2. The summed E-state index contributed by atoms with van der Waals surface area (Å²) in [5, 5.41) is 15.9. The highest BCUT2D eigenvalue weighted by Crippen LogP contribution is 2.34. The van der Waals surface area contributed by atoms with Crippen LogP contribution in [0.4, 0.5) is 10.5 Å². The number of hydrogen-bond donors (Lipinski definition) is 2. The number of carbonyl (C=O) groups is 2. The Kier molecular flexibility index (Phi) is 5.73. The van der Waals surface area contributed by atoms with E-state index in [1.807, 2.05) is 0 Å². The molecule has 146 valence electrons. The lowest BCUT2D eigenvalue weighted by atomic mass is 10.0. The molecular weight excluding hydrogens is 366 g/mol. The number of urea groups is 1. The van der Waals surface area contributed by atoms with Gasteiger partial charge in [0.15, 0.2) is 6.61 Å². The van der Waals surface area contributed by atoms with Gasteiger partial charge in [-0.3, -0.25) is 20.2 Å². The zero-order valence-corrected chi connectivity index (χ0v) is 15.1. The number of non-ortho nitro benzene ring substituents is 1. The molecule has 0 aliphatic heterocycles. The number of nitrogens with zero attached hydrogens (tertiary/aromatic N) is 1. The maximum atomic E-state index is 11.9. The van der Waals surface area contributed by atoms with Crippen LogP contribution in [0.15, 0.2) is 42.5 Å². The minimum absolute atomic E-state index is 0.105. The number of amides is 3. The van der Waals surface area contributed by atoms with Crippen LogP contribution in [0.2, 0.25) is 0 Å². The lowest BCUT2D eigenvalue weighted by Gasteiger charge is -2.12. The summed E-state index contributed by atoms with van der Waals surface area (Å²) in [4.78, 5) is 34.1. The third-order valence-corrected chi connectivity index (χ3v) is 4.10. The third kappa shape index (κ3) is 4.97. The SMILES string of the molecule is COc1ccc(-c2cc([N+](=O)[O-])ccc2OCC(=O)NC(=O)NC2CC2)cc1. The lowest BCUT2D eigenvalue weighted by Crippen LogP contribution is -2.42. The molecule has 0 radical (unpaired) electrons. The molecule has 3 rings (SSSR count). The van der Waals surface area contributed by atoms with Gasteiger partial charge in [0.05, 0.1) is 12.0 Å². The van der Waals surface area contributed by atoms with Gasteiger partial charge in [0, 0.05) is 23.7 Å². The smallest absolute Gasteiger partial charge is 0.321 e. The molecule has 0 unspecified atom stereocenters. The predicted octanol–water partition coefficient (Wildman–Crippen LogP) is 2.64. The summed E-state index contributed by atoms with van der Waals surface area (Å²) in [6.45, 7) is -0.404. The standard InChI is InChI=1S/C19H19N3O6/c1-27-15-7-2-12(3-8-15)16-10-14(22(25)26)6-9-17(16)28-11-18(23)21-19(24)20-13-4-5-13/h2-3,6-10,13H,4-5,11H2,1H3,(H2,20,21,23,24). The van der Waals surface area contributed by atoms with Crippen LogP contribution in [0.25, 0.3) is 11.1 Å². The third-order valence-electron chi connectivity index (χ3n) is 4.10. The van der Waals surface area contributed by atoms with Crippen molar-refractivity contribution in [3.8, 4) is 22.6 Å². The van der Waals surface area contributed by atoms with Crippen LogP contribution in [-0.2, 0) is 4.79 Å². The Morgan fingerprint density at radius 3 is 2.50 bits per heavy atom. The average Bonchev–Trinajstić information content (AvgIpc) is 3.50. The molecule has 0 saturated heterocycles. The Labute approximate surface area is 160 Å². The van der Waals surface area contributed by atoms with E-state index in [0.717, 1.165) is 12.8 Å². The second-order valence-electron chi connectivity index (χ2n) is 6.25. The Morgan fingerprint density at radius 1 is 1.18 bits per heavy atom. The molecule has 1 fully saturated rings. The van der Waals surface area contributed by atoms with Crippen molar-refractivity contribution in [2.24, 2.45) is 0 Å². The van der Waals surface area contributed by atoms with E-state index in [2.05, 4.69) is 10.6 Å². The van der Waals surface area contributed by atoms with Gasteiger partial charge in [-0.25, -0.2) is 4.79 Å². The quantitative estimate of drug-likeness (QED) is 0.558. The topological polar surface area (TPSA) is 120 Å². The van der Waals surface area contributed by atoms with Crippen molar-refractivity contribution in [3.63, 3.8) is 0 Å². The summed E-state index contributed by atoms with van der Waals surface area (Å²) in [5.74, 6) is 0.309. The molecule has 3 amide bonds. The number of hydrogen-bond acceptors (Lipinski definition) is 6. The fourth-order valence-electron chi connectivity index (χ4n) is 2.51. The average molecular weight is 385 g/mol. The largest absolute Gasteiger partial charge is 0.497 e. The number of ether oxygens (including phenoxy) is 2. The van der Waals surface area contributed by atoms with Crippen LogP contribution in [0, 0.1) is 10.1 Å². The van der Waals surface area contributed by atoms with Gasteiger partial charge in [-0.2, -0.15) is 0 Å². The van der Waals surface area contributed by atoms with Crippen molar-refractivity contribution in [1.82, 2.24) is 10.6 Å². The summed E-state index contributed by atoms with van der Waals surface area (Å²) in [5.41, 5.74) is 1.00. The van der Waals surface area contributed by atoms with Crippen molar-refractivity contribution in [1.29, 1.82) is 0 Å². The second-order valence-corrected chi connectivity index (χ2v) is 6.25. The zero-order chi connectivity index (χ0) is 20.1. The Hall–Kier alpha value is -3.62. The van der Waals surface area contributed by atoms with Crippen molar-refractivity contribution in [3.05, 3.63) is 52.6 Å². The van der Waals surface area contributed by atoms with Crippen LogP contribution >= 0.6 is 0 Å². The summed E-state index contributed by atoms with van der Waals surface area (Å²) in [7, 11) is 1.54. The molecule has 2 aromatic rings. The molecule has 0 aromatic heterocycles. The maximum absolute atomic E-state index is 11.9. The Bertz CT molecular complexity index is 893. The van der Waals surface area contributed by atoms with Gasteiger partial charge >= 0.3 is 6.03 Å². The first-order chi connectivity index (χ1) is 13.5. The molecule has 9 heteroatoms. The summed E-state index contributed by atoms with van der Waals surface area (Å²) in [6.07, 6.45) is 1.82. The second kappa shape index (κ2) is 8.38. The van der Waals surface area contributed by atoms with Gasteiger partial charge in [-0.15, -0.1) is 0 Å². The normalized spacial score (nSPS) is 12.8. The van der Waals surface area contributed by atoms with Crippen LogP contribution < -0.4 is 20.1 Å². The van der Waals surface area contributed by atoms with E-state index in [-0.39, 0.29) is 17.5 Å². The van der Waals surface area contributed by atoms with Crippen LogP contribution in [-0.4, -0.2) is 36.6 Å². The van der Waals surface area contributed by atoms with Crippen LogP contribution in [0.1, 0.15) is 12.8 Å². The molecule has 9 nitrogen and oxygen atoms in total. The number of imide groups is 1. The van der Waals surface area contributed by atoms with Crippen LogP contribution in [0.3, 0.4) is 0 Å². The molecule has 28 heavy (non-hydrogen) atoms. The Morgan fingerprint density at radius 2 is 1.89 bits per heavy atom. The van der Waals surface area contributed by atoms with E-state index in [0.29, 0.717) is 16.9 Å². The van der Waals surface area contributed by atoms with E-state index < -0.39 is 23.5 Å². The van der Waals surface area contributed by atoms with E-state index in [1.165, 1.54) is 25.3 Å². The number of rotatable bonds is 7. The van der Waals surface area contributed by atoms with Crippen molar-refractivity contribution < 1.29 is 24.0 Å². The zero-order valence-electron chi connectivity index (χ0n) is 15.1. The molecule has 0 spiro atoms. The number of methoxy groups -OCH3 is 1. The Balaban J connectivity index is 1.74. The summed E-state index contributed by atoms with van der Waals surface area (Å²) >= 11 is 0. The number of nitro benzene ring substituents is 1. The molecule has 1 aliphatic rings. The minimum Gasteiger partial charge on any atom is -0.497 e. The lowest BCUT2D eigenvalue weighted by molar-refractivity contribution is -0.384. The first kappa shape index (κ1) is 19.2. The van der Waals surface area contributed by atoms with Gasteiger partial charge < -0.3 is 14.8 Å². The van der Waals surface area contributed by atoms with Crippen molar-refractivity contribution >= 4 is 17.6 Å². The first-order valence-electron chi connectivity index (χ1n) is 8.62. The van der Waals surface area contributed by atoms with E-state index in [9.17, 15) is 19.7 Å². The number of nitrogens with one attached hydrogen (secondary N) is 2. The molecule has 0 atom stereocenters. The highest BCUT2D eigenvalue weighted by Gasteiger charge is 2.24. The van der Waals surface area contributed by atoms with E-state index in [4.69, 9.17) is 9.47 Å². The fraction of sp³-hybridized carbons (Fsp3) is 0.263. The highest BCUT2D eigenvalue weighted by atomic mass is 16.6. The van der Waals surface area contributed by atoms with E-state index >= 15 is 0 Å². The number of nitro groups is 1. The molecule has 2 aromatic carbocycles. The maximum Gasteiger partial charge on any atom is 0.321 e. The highest BCUT2D eigenvalue weighted by molar-refractivity contribution is 5.95.